The molecule has 2 aromatic carbocycles. The summed E-state index contributed by atoms with van der Waals surface area (Å²) in [5, 5.41) is 37.7. The minimum Gasteiger partial charge on any atom is -0.480 e. The minimum atomic E-state index is -1.59. The number of H-pyrrole nitrogens is 2. The van der Waals surface area contributed by atoms with Gasteiger partial charge in [0.1, 0.15) is 24.2 Å². The number of benzene rings is 2. The molecule has 5 atom stereocenters. The molecule has 0 saturated carbocycles. The molecule has 0 saturated heterocycles. The highest BCUT2D eigenvalue weighted by Gasteiger charge is 2.32. The third-order valence-electron chi connectivity index (χ3n) is 7.08. The number of aromatic amines is 2. The fourth-order valence-corrected chi connectivity index (χ4v) is 4.68. The molecule has 0 bridgehead atoms. The van der Waals surface area contributed by atoms with Gasteiger partial charge in [0.2, 0.25) is 17.7 Å². The molecule has 13 nitrogen and oxygen atoms in total. The lowest BCUT2D eigenvalue weighted by Gasteiger charge is -2.25. The highest BCUT2D eigenvalue weighted by molar-refractivity contribution is 5.95. The van der Waals surface area contributed by atoms with Crippen molar-refractivity contribution in [3.05, 3.63) is 72.1 Å². The van der Waals surface area contributed by atoms with Crippen LogP contribution in [0.3, 0.4) is 0 Å². The Balaban J connectivity index is 1.64. The number of carboxylic acid groups (broad SMARTS) is 1. The molecule has 5 unspecified atom stereocenters. The second-order valence-electron chi connectivity index (χ2n) is 10.1. The number of rotatable bonds is 13. The van der Waals surface area contributed by atoms with Crippen molar-refractivity contribution in [2.45, 2.75) is 50.0 Å². The summed E-state index contributed by atoms with van der Waals surface area (Å²) in [7, 11) is 0. The summed E-state index contributed by atoms with van der Waals surface area (Å²) >= 11 is 0. The lowest BCUT2D eigenvalue weighted by molar-refractivity contribution is -0.143. The number of nitrogens with one attached hydrogen (secondary N) is 5. The van der Waals surface area contributed by atoms with Crippen LogP contribution in [0, 0.1) is 0 Å². The van der Waals surface area contributed by atoms with Crippen molar-refractivity contribution in [1.82, 2.24) is 25.9 Å². The third-order valence-corrected chi connectivity index (χ3v) is 7.08. The Morgan fingerprint density at radius 2 is 1.19 bits per heavy atom. The van der Waals surface area contributed by atoms with Crippen LogP contribution in [0.4, 0.5) is 0 Å². The van der Waals surface area contributed by atoms with Gasteiger partial charge in [-0.3, -0.25) is 14.4 Å². The maximum atomic E-state index is 13.7. The molecule has 13 heteroatoms. The molecule has 0 radical (unpaired) electrons. The average molecular weight is 579 g/mol. The highest BCUT2D eigenvalue weighted by atomic mass is 16.4. The van der Waals surface area contributed by atoms with Gasteiger partial charge in [0.05, 0.1) is 12.7 Å². The Bertz CT molecular complexity index is 1580. The molecule has 0 fully saturated rings. The van der Waals surface area contributed by atoms with Gasteiger partial charge in [0.25, 0.3) is 0 Å². The van der Waals surface area contributed by atoms with Gasteiger partial charge in [0.15, 0.2) is 0 Å². The number of fused-ring (bicyclic) bond motifs is 2. The first-order chi connectivity index (χ1) is 20.1. The first kappa shape index (κ1) is 30.2. The summed E-state index contributed by atoms with van der Waals surface area (Å²) in [4.78, 5) is 57.5. The van der Waals surface area contributed by atoms with Crippen molar-refractivity contribution in [2.75, 3.05) is 6.61 Å². The van der Waals surface area contributed by atoms with E-state index in [1.807, 2.05) is 48.5 Å². The van der Waals surface area contributed by atoms with Crippen LogP contribution in [0.2, 0.25) is 0 Å². The van der Waals surface area contributed by atoms with Crippen molar-refractivity contribution >= 4 is 45.5 Å². The second kappa shape index (κ2) is 13.3. The van der Waals surface area contributed by atoms with Crippen LogP contribution >= 0.6 is 0 Å². The van der Waals surface area contributed by atoms with E-state index in [2.05, 4.69) is 25.9 Å². The predicted molar refractivity (Wildman–Crippen MR) is 154 cm³/mol. The zero-order chi connectivity index (χ0) is 30.4. The van der Waals surface area contributed by atoms with Crippen LogP contribution in [0.1, 0.15) is 18.1 Å². The minimum absolute atomic E-state index is 0.0178. The van der Waals surface area contributed by atoms with Gasteiger partial charge < -0.3 is 47.0 Å². The molecule has 0 aliphatic rings. The maximum Gasteiger partial charge on any atom is 0.328 e. The number of para-hydroxylation sites is 2. The summed E-state index contributed by atoms with van der Waals surface area (Å²) in [6.45, 7) is 0.492. The summed E-state index contributed by atoms with van der Waals surface area (Å²) in [5.74, 6) is -3.79. The van der Waals surface area contributed by atoms with E-state index in [9.17, 15) is 34.5 Å². The van der Waals surface area contributed by atoms with Gasteiger partial charge in [-0.05, 0) is 30.2 Å². The first-order valence-corrected chi connectivity index (χ1v) is 13.4. The Labute approximate surface area is 240 Å². The van der Waals surface area contributed by atoms with Crippen LogP contribution in [0.25, 0.3) is 21.8 Å². The molecule has 4 aromatic rings. The van der Waals surface area contributed by atoms with Crippen molar-refractivity contribution in [1.29, 1.82) is 0 Å². The number of nitrogens with two attached hydrogens (primary N) is 1. The number of aromatic nitrogens is 2. The molecule has 2 aromatic heterocycles. The van der Waals surface area contributed by atoms with Crippen molar-refractivity contribution in [2.24, 2.45) is 5.73 Å². The summed E-state index contributed by atoms with van der Waals surface area (Å²) in [5.41, 5.74) is 8.82. The topological polar surface area (TPSA) is 223 Å². The predicted octanol–water partition coefficient (Wildman–Crippen LogP) is -0.326. The maximum absolute atomic E-state index is 13.7. The number of carboxylic acids is 1. The van der Waals surface area contributed by atoms with Gasteiger partial charge in [-0.1, -0.05) is 36.4 Å². The Hall–Kier alpha value is -4.72. The van der Waals surface area contributed by atoms with Crippen LogP contribution in [-0.2, 0) is 32.0 Å². The molecule has 0 spiro atoms. The van der Waals surface area contributed by atoms with Crippen molar-refractivity contribution in [3.63, 3.8) is 0 Å². The van der Waals surface area contributed by atoms with Gasteiger partial charge >= 0.3 is 5.97 Å². The number of aliphatic carboxylic acids is 1. The van der Waals surface area contributed by atoms with Gasteiger partial charge in [-0.2, -0.15) is 0 Å². The smallest absolute Gasteiger partial charge is 0.328 e. The quantitative estimate of drug-likeness (QED) is 0.102. The number of carbonyl (C=O) groups excluding carboxylic acids is 3. The molecule has 42 heavy (non-hydrogen) atoms. The molecule has 10 N–H and O–H groups in total. The average Bonchev–Trinajstić information content (AvgIpc) is 3.58. The lowest BCUT2D eigenvalue weighted by Crippen LogP contribution is -2.59. The Morgan fingerprint density at radius 1 is 0.762 bits per heavy atom. The fraction of sp³-hybridized carbons (Fsp3) is 0.310. The molecule has 0 aliphatic carbocycles. The van der Waals surface area contributed by atoms with Crippen molar-refractivity contribution in [3.8, 4) is 0 Å². The number of carbonyl (C=O) groups is 4. The van der Waals surface area contributed by atoms with E-state index in [1.54, 1.807) is 12.4 Å². The van der Waals surface area contributed by atoms with E-state index in [0.717, 1.165) is 21.8 Å². The number of hydrogen-bond acceptors (Lipinski definition) is 7. The molecule has 2 heterocycles. The third kappa shape index (κ3) is 6.94. The number of hydrogen-bond donors (Lipinski definition) is 9. The first-order valence-electron chi connectivity index (χ1n) is 13.4. The van der Waals surface area contributed by atoms with E-state index in [0.29, 0.717) is 11.1 Å². The molecule has 3 amide bonds. The van der Waals surface area contributed by atoms with Crippen LogP contribution in [0.5, 0.6) is 0 Å². The van der Waals surface area contributed by atoms with E-state index < -0.39 is 60.6 Å². The largest absolute Gasteiger partial charge is 0.480 e. The zero-order valence-electron chi connectivity index (χ0n) is 22.8. The Morgan fingerprint density at radius 3 is 1.62 bits per heavy atom. The van der Waals surface area contributed by atoms with E-state index >= 15 is 0 Å². The van der Waals surface area contributed by atoms with Gasteiger partial charge in [-0.25, -0.2) is 4.79 Å². The summed E-state index contributed by atoms with van der Waals surface area (Å²) < 4.78 is 0. The molecular weight excluding hydrogens is 544 g/mol. The van der Waals surface area contributed by atoms with E-state index in [1.165, 1.54) is 6.92 Å². The highest BCUT2D eigenvalue weighted by Crippen LogP contribution is 2.21. The summed E-state index contributed by atoms with van der Waals surface area (Å²) in [6, 6.07) is 9.33. The lowest BCUT2D eigenvalue weighted by atomic mass is 10.0. The van der Waals surface area contributed by atoms with E-state index in [4.69, 9.17) is 5.73 Å². The number of amides is 3. The zero-order valence-corrected chi connectivity index (χ0v) is 22.8. The second-order valence-corrected chi connectivity index (χ2v) is 10.1. The van der Waals surface area contributed by atoms with E-state index in [-0.39, 0.29) is 12.8 Å². The van der Waals surface area contributed by atoms with Gasteiger partial charge in [0, 0.05) is 47.0 Å². The van der Waals surface area contributed by atoms with Crippen molar-refractivity contribution < 1.29 is 34.5 Å². The monoisotopic (exact) mass is 578 g/mol. The number of aliphatic hydroxyl groups excluding tert-OH is 2. The molecule has 4 rings (SSSR count). The molecular formula is C29H34N6O7. The van der Waals surface area contributed by atoms with Crippen LogP contribution in [0.15, 0.2) is 60.9 Å². The van der Waals surface area contributed by atoms with Crippen LogP contribution in [-0.4, -0.2) is 85.9 Å². The SMILES string of the molecule is CC(O)C(N)C(=O)NC(Cc1c[nH]c2ccccc12)C(=O)NC(Cc1c[nH]c2ccccc12)C(=O)NC(CO)C(=O)O. The number of aliphatic hydroxyl groups is 2. The fourth-order valence-electron chi connectivity index (χ4n) is 4.68. The van der Waals surface area contributed by atoms with Gasteiger partial charge in [-0.15, -0.1) is 0 Å². The molecule has 0 aliphatic heterocycles. The Kier molecular flexibility index (Phi) is 9.57. The standard InChI is InChI=1S/C29H34N6O7/c1-15(37)25(30)28(40)34-23(11-17-13-32-21-9-5-3-7-19(17)21)26(38)33-22(27(39)35-24(14-36)29(41)42)10-16-12-31-20-8-4-2-6-18(16)20/h2-9,12-13,15,22-25,31-32,36-37H,10-11,14,30H2,1H3,(H,33,38)(H,34,40)(H,35,39)(H,41,42). The van der Waals surface area contributed by atoms with Crippen LogP contribution < -0.4 is 21.7 Å². The summed E-state index contributed by atoms with van der Waals surface area (Å²) in [6.07, 6.45) is 2.20. The molecule has 222 valence electrons. The normalized spacial score (nSPS) is 15.0.